The maximum absolute atomic E-state index is 12.4. The zero-order valence-corrected chi connectivity index (χ0v) is 15.9. The largest absolute Gasteiger partial charge is 0.493 e. The van der Waals surface area contributed by atoms with Crippen molar-refractivity contribution in [3.63, 3.8) is 0 Å². The minimum atomic E-state index is -0.0413. The van der Waals surface area contributed by atoms with Gasteiger partial charge >= 0.3 is 0 Å². The lowest BCUT2D eigenvalue weighted by Crippen LogP contribution is -1.95. The number of methoxy groups -OCH3 is 2. The summed E-state index contributed by atoms with van der Waals surface area (Å²) in [5, 5.41) is 7.25. The summed E-state index contributed by atoms with van der Waals surface area (Å²) < 4.78 is 10.6. The molecular weight excluding hydrogens is 340 g/mol. The molecule has 1 N–H and O–H groups in total. The van der Waals surface area contributed by atoms with E-state index in [1.54, 1.807) is 26.4 Å². The molecule has 0 bridgehead atoms. The predicted molar refractivity (Wildman–Crippen MR) is 106 cm³/mol. The molecule has 1 heterocycles. The van der Waals surface area contributed by atoms with Gasteiger partial charge in [0, 0.05) is 11.1 Å². The lowest BCUT2D eigenvalue weighted by atomic mass is 10.0. The van der Waals surface area contributed by atoms with E-state index in [0.717, 1.165) is 22.5 Å². The van der Waals surface area contributed by atoms with Crippen molar-refractivity contribution in [3.05, 3.63) is 70.9 Å². The Bertz CT molecular complexity index is 1000. The number of hydrogen-bond acceptors (Lipinski definition) is 4. The zero-order chi connectivity index (χ0) is 19.4. The standard InChI is InChI=1S/C22H22N2O3/c1-14-5-6-17(11-15(14)2)20(25)9-8-18-13-19(24-23-18)16-7-10-21(26-3)22(12-16)27-4/h5-13H,1-4H3,(H,23,24). The monoisotopic (exact) mass is 362 g/mol. The summed E-state index contributed by atoms with van der Waals surface area (Å²) in [5.41, 5.74) is 5.35. The second-order valence-electron chi connectivity index (χ2n) is 6.27. The van der Waals surface area contributed by atoms with E-state index >= 15 is 0 Å². The minimum Gasteiger partial charge on any atom is -0.493 e. The van der Waals surface area contributed by atoms with Gasteiger partial charge in [-0.15, -0.1) is 0 Å². The molecule has 5 nitrogen and oxygen atoms in total. The molecule has 0 saturated heterocycles. The van der Waals surface area contributed by atoms with Gasteiger partial charge in [-0.2, -0.15) is 5.10 Å². The van der Waals surface area contributed by atoms with E-state index in [9.17, 15) is 4.79 Å². The fourth-order valence-corrected chi connectivity index (χ4v) is 2.72. The van der Waals surface area contributed by atoms with Crippen molar-refractivity contribution in [1.29, 1.82) is 0 Å². The van der Waals surface area contributed by atoms with Crippen molar-refractivity contribution in [2.24, 2.45) is 0 Å². The number of aryl methyl sites for hydroxylation is 2. The van der Waals surface area contributed by atoms with Crippen LogP contribution in [0.25, 0.3) is 17.3 Å². The second-order valence-corrected chi connectivity index (χ2v) is 6.27. The smallest absolute Gasteiger partial charge is 0.185 e. The van der Waals surface area contributed by atoms with Crippen LogP contribution in [0.15, 0.2) is 48.5 Å². The molecule has 138 valence electrons. The lowest BCUT2D eigenvalue weighted by molar-refractivity contribution is 0.104. The van der Waals surface area contributed by atoms with Crippen LogP contribution in [0.4, 0.5) is 0 Å². The molecule has 0 saturated carbocycles. The summed E-state index contributed by atoms with van der Waals surface area (Å²) in [6, 6.07) is 13.2. The minimum absolute atomic E-state index is 0.0413. The quantitative estimate of drug-likeness (QED) is 0.514. The highest BCUT2D eigenvalue weighted by molar-refractivity contribution is 6.06. The Kier molecular flexibility index (Phi) is 5.41. The van der Waals surface area contributed by atoms with E-state index in [4.69, 9.17) is 9.47 Å². The summed E-state index contributed by atoms with van der Waals surface area (Å²) in [7, 11) is 3.19. The van der Waals surface area contributed by atoms with E-state index in [-0.39, 0.29) is 5.78 Å². The number of rotatable bonds is 6. The van der Waals surface area contributed by atoms with Gasteiger partial charge in [0.1, 0.15) is 0 Å². The predicted octanol–water partition coefficient (Wildman–Crippen LogP) is 4.61. The number of allylic oxidation sites excluding steroid dienone is 1. The zero-order valence-electron chi connectivity index (χ0n) is 15.9. The summed E-state index contributed by atoms with van der Waals surface area (Å²) >= 11 is 0. The van der Waals surface area contributed by atoms with E-state index < -0.39 is 0 Å². The first-order valence-electron chi connectivity index (χ1n) is 8.59. The molecule has 0 fully saturated rings. The highest BCUT2D eigenvalue weighted by Gasteiger charge is 2.09. The van der Waals surface area contributed by atoms with Gasteiger partial charge in [-0.1, -0.05) is 12.1 Å². The molecule has 0 unspecified atom stereocenters. The Morgan fingerprint density at radius 3 is 2.44 bits per heavy atom. The van der Waals surface area contributed by atoms with Crippen LogP contribution < -0.4 is 9.47 Å². The van der Waals surface area contributed by atoms with Crippen LogP contribution in [0, 0.1) is 13.8 Å². The van der Waals surface area contributed by atoms with Gasteiger partial charge in [0.15, 0.2) is 17.3 Å². The highest BCUT2D eigenvalue weighted by Crippen LogP contribution is 2.31. The van der Waals surface area contributed by atoms with Gasteiger partial charge in [-0.3, -0.25) is 9.89 Å². The Labute approximate surface area is 158 Å². The van der Waals surface area contributed by atoms with Crippen molar-refractivity contribution >= 4 is 11.9 Å². The number of carbonyl (C=O) groups is 1. The number of hydrogen-bond donors (Lipinski definition) is 1. The number of benzene rings is 2. The summed E-state index contributed by atoms with van der Waals surface area (Å²) in [4.78, 5) is 12.4. The average Bonchev–Trinajstić information content (AvgIpc) is 3.16. The van der Waals surface area contributed by atoms with Gasteiger partial charge in [-0.25, -0.2) is 0 Å². The van der Waals surface area contributed by atoms with Gasteiger partial charge in [0.05, 0.1) is 25.6 Å². The molecule has 27 heavy (non-hydrogen) atoms. The maximum atomic E-state index is 12.4. The van der Waals surface area contributed by atoms with E-state index in [2.05, 4.69) is 10.2 Å². The van der Waals surface area contributed by atoms with Crippen molar-refractivity contribution in [2.45, 2.75) is 13.8 Å². The molecule has 0 spiro atoms. The average molecular weight is 362 g/mol. The van der Waals surface area contributed by atoms with Crippen LogP contribution in [0.1, 0.15) is 27.2 Å². The first-order chi connectivity index (χ1) is 13.0. The van der Waals surface area contributed by atoms with Crippen LogP contribution in [0.3, 0.4) is 0 Å². The van der Waals surface area contributed by atoms with Crippen LogP contribution >= 0.6 is 0 Å². The maximum Gasteiger partial charge on any atom is 0.185 e. The molecule has 0 aliphatic rings. The Morgan fingerprint density at radius 1 is 0.963 bits per heavy atom. The number of nitrogens with zero attached hydrogens (tertiary/aromatic N) is 1. The number of ether oxygens (including phenoxy) is 2. The first kappa shape index (κ1) is 18.5. The second kappa shape index (κ2) is 7.91. The number of carbonyl (C=O) groups excluding carboxylic acids is 1. The van der Waals surface area contributed by atoms with Crippen LogP contribution in [0.2, 0.25) is 0 Å². The highest BCUT2D eigenvalue weighted by atomic mass is 16.5. The number of nitrogens with one attached hydrogen (secondary N) is 1. The summed E-state index contributed by atoms with van der Waals surface area (Å²) in [6.45, 7) is 4.03. The molecular formula is C22H22N2O3. The topological polar surface area (TPSA) is 64.2 Å². The van der Waals surface area contributed by atoms with Crippen molar-refractivity contribution in [2.75, 3.05) is 14.2 Å². The lowest BCUT2D eigenvalue weighted by Gasteiger charge is -2.08. The van der Waals surface area contributed by atoms with E-state index in [0.29, 0.717) is 17.1 Å². The van der Waals surface area contributed by atoms with Gasteiger partial charge in [-0.05, 0) is 67.5 Å². The fourth-order valence-electron chi connectivity index (χ4n) is 2.72. The SMILES string of the molecule is COc1ccc(-c2cc(C=CC(=O)c3ccc(C)c(C)c3)[nH]n2)cc1OC. The molecule has 0 aliphatic carbocycles. The Balaban J connectivity index is 1.78. The van der Waals surface area contributed by atoms with Gasteiger partial charge in [0.2, 0.25) is 0 Å². The first-order valence-corrected chi connectivity index (χ1v) is 8.59. The number of aromatic nitrogens is 2. The van der Waals surface area contributed by atoms with Crippen LogP contribution in [-0.2, 0) is 0 Å². The van der Waals surface area contributed by atoms with Crippen molar-refractivity contribution < 1.29 is 14.3 Å². The van der Waals surface area contributed by atoms with Crippen LogP contribution in [0.5, 0.6) is 11.5 Å². The number of H-pyrrole nitrogens is 1. The molecule has 0 amide bonds. The molecule has 3 aromatic rings. The van der Waals surface area contributed by atoms with Gasteiger partial charge < -0.3 is 9.47 Å². The molecule has 2 aromatic carbocycles. The summed E-state index contributed by atoms with van der Waals surface area (Å²) in [6.07, 6.45) is 3.28. The number of aromatic amines is 1. The molecule has 0 radical (unpaired) electrons. The Morgan fingerprint density at radius 2 is 1.74 bits per heavy atom. The van der Waals surface area contributed by atoms with Gasteiger partial charge in [0.25, 0.3) is 0 Å². The third-order valence-corrected chi connectivity index (χ3v) is 4.48. The number of ketones is 1. The molecule has 0 atom stereocenters. The fraction of sp³-hybridized carbons (Fsp3) is 0.182. The molecule has 3 rings (SSSR count). The Hall–Kier alpha value is -3.34. The molecule has 1 aromatic heterocycles. The molecule has 0 aliphatic heterocycles. The van der Waals surface area contributed by atoms with Crippen LogP contribution in [-0.4, -0.2) is 30.2 Å². The van der Waals surface area contributed by atoms with Crippen molar-refractivity contribution in [1.82, 2.24) is 10.2 Å². The van der Waals surface area contributed by atoms with Crippen molar-refractivity contribution in [3.8, 4) is 22.8 Å². The van der Waals surface area contributed by atoms with E-state index in [1.165, 1.54) is 5.56 Å². The normalized spacial score (nSPS) is 11.0. The van der Waals surface area contributed by atoms with E-state index in [1.807, 2.05) is 56.3 Å². The molecule has 5 heteroatoms. The third-order valence-electron chi connectivity index (χ3n) is 4.48. The third kappa shape index (κ3) is 4.08. The summed E-state index contributed by atoms with van der Waals surface area (Å²) in [5.74, 6) is 1.26.